The molecule has 0 unspecified atom stereocenters. The predicted octanol–water partition coefficient (Wildman–Crippen LogP) is 1.58. The van der Waals surface area contributed by atoms with E-state index in [9.17, 15) is 0 Å². The Kier molecular flexibility index (Phi) is 1.79. The van der Waals surface area contributed by atoms with Gasteiger partial charge in [-0.1, -0.05) is 24.5 Å². The Hall–Kier alpha value is -0.455. The molecule has 0 aromatic carbocycles. The van der Waals surface area contributed by atoms with Crippen molar-refractivity contribution in [3.8, 4) is 0 Å². The molecular formula is C6H8B. The predicted molar refractivity (Wildman–Crippen MR) is 33.5 cm³/mol. The van der Waals surface area contributed by atoms with E-state index in [1.54, 1.807) is 0 Å². The first kappa shape index (κ1) is 4.70. The van der Waals surface area contributed by atoms with E-state index in [-0.39, 0.29) is 0 Å². The minimum Gasteiger partial charge on any atom is -0.123 e. The van der Waals surface area contributed by atoms with Gasteiger partial charge in [0.2, 0.25) is 0 Å². The van der Waals surface area contributed by atoms with Crippen molar-refractivity contribution in [2.75, 3.05) is 0 Å². The van der Waals surface area contributed by atoms with Gasteiger partial charge in [-0.2, -0.15) is 0 Å². The van der Waals surface area contributed by atoms with E-state index < -0.39 is 0 Å². The topological polar surface area (TPSA) is 0 Å². The Morgan fingerprint density at radius 1 is 1.29 bits per heavy atom. The Balaban J connectivity index is 2.39. The minimum atomic E-state index is 1.20. The van der Waals surface area contributed by atoms with Crippen LogP contribution >= 0.6 is 0 Å². The first-order chi connectivity index (χ1) is 3.50. The molecular weight excluding hydrogens is 82.9 g/mol. The highest BCUT2D eigenvalue weighted by molar-refractivity contribution is 6.42. The summed E-state index contributed by atoms with van der Waals surface area (Å²) in [5.41, 5.74) is 0. The van der Waals surface area contributed by atoms with Gasteiger partial charge in [-0.25, -0.2) is 0 Å². The molecule has 0 spiro atoms. The van der Waals surface area contributed by atoms with Crippen molar-refractivity contribution in [2.45, 2.75) is 12.7 Å². The molecule has 0 N–H and O–H groups in total. The summed E-state index contributed by atoms with van der Waals surface area (Å²) in [5, 5.41) is 0. The molecule has 1 heterocycles. The lowest BCUT2D eigenvalue weighted by molar-refractivity contribution is 1.21. The van der Waals surface area contributed by atoms with E-state index in [4.69, 9.17) is 0 Å². The van der Waals surface area contributed by atoms with Gasteiger partial charge in [0.1, 0.15) is 7.28 Å². The zero-order chi connectivity index (χ0) is 4.95. The molecule has 7 heavy (non-hydrogen) atoms. The third kappa shape index (κ3) is 1.63. The minimum absolute atomic E-state index is 1.20. The summed E-state index contributed by atoms with van der Waals surface area (Å²) in [6.07, 6.45) is 8.73. The second kappa shape index (κ2) is 2.67. The van der Waals surface area contributed by atoms with Crippen LogP contribution in [-0.2, 0) is 0 Å². The lowest BCUT2D eigenvalue weighted by Crippen LogP contribution is -1.77. The normalized spacial score (nSPS) is 18.3. The van der Waals surface area contributed by atoms with Crippen molar-refractivity contribution in [3.05, 3.63) is 24.2 Å². The van der Waals surface area contributed by atoms with Crippen LogP contribution in [0.15, 0.2) is 24.2 Å². The molecule has 0 amide bonds. The summed E-state index contributed by atoms with van der Waals surface area (Å²) in [4.78, 5) is 0. The fourth-order valence-electron chi connectivity index (χ4n) is 0.606. The third-order valence-corrected chi connectivity index (χ3v) is 0.994. The van der Waals surface area contributed by atoms with Gasteiger partial charge in [0, 0.05) is 0 Å². The summed E-state index contributed by atoms with van der Waals surface area (Å²) < 4.78 is 0. The summed E-state index contributed by atoms with van der Waals surface area (Å²) in [5.74, 6) is 2.09. The molecule has 1 heteroatoms. The van der Waals surface area contributed by atoms with Crippen LogP contribution in [0.5, 0.6) is 0 Å². The van der Waals surface area contributed by atoms with Crippen LogP contribution in [0.3, 0.4) is 0 Å². The number of allylic oxidation sites excluding steroid dienone is 3. The molecule has 1 radical (unpaired) electrons. The molecule has 0 nitrogen and oxygen atoms in total. The fraction of sp³-hybridized carbons (Fsp3) is 0.333. The number of rotatable bonds is 0. The van der Waals surface area contributed by atoms with Crippen molar-refractivity contribution in [3.63, 3.8) is 0 Å². The second-order valence-electron chi connectivity index (χ2n) is 1.63. The maximum absolute atomic E-state index is 2.18. The molecule has 0 aliphatic carbocycles. The molecule has 35 valence electrons. The summed E-state index contributed by atoms with van der Waals surface area (Å²) in [6, 6.07) is 0. The molecule has 0 aromatic heterocycles. The highest BCUT2D eigenvalue weighted by atomic mass is 13.7. The van der Waals surface area contributed by atoms with E-state index in [2.05, 4.69) is 31.5 Å². The zero-order valence-corrected chi connectivity index (χ0v) is 4.30. The number of hydrogen-bond donors (Lipinski definition) is 0. The lowest BCUT2D eigenvalue weighted by Gasteiger charge is -1.79. The highest BCUT2D eigenvalue weighted by Gasteiger charge is 1.83. The summed E-state index contributed by atoms with van der Waals surface area (Å²) in [7, 11) is 2.18. The van der Waals surface area contributed by atoms with Crippen LogP contribution in [0.4, 0.5) is 0 Å². The average molecular weight is 90.9 g/mol. The first-order valence-corrected chi connectivity index (χ1v) is 2.65. The van der Waals surface area contributed by atoms with Gasteiger partial charge in [0.05, 0.1) is 0 Å². The lowest BCUT2D eigenvalue weighted by atomic mass is 9.74. The second-order valence-corrected chi connectivity index (χ2v) is 1.63. The summed E-state index contributed by atoms with van der Waals surface area (Å²) >= 11 is 0. The fourth-order valence-corrected chi connectivity index (χ4v) is 0.606. The van der Waals surface area contributed by atoms with Crippen LogP contribution in [-0.4, -0.2) is 7.28 Å². The van der Waals surface area contributed by atoms with Gasteiger partial charge in [-0.15, -0.1) is 5.98 Å². The van der Waals surface area contributed by atoms with Crippen molar-refractivity contribution >= 4 is 7.28 Å². The largest absolute Gasteiger partial charge is 0.141 e. The molecule has 1 aliphatic heterocycles. The van der Waals surface area contributed by atoms with Gasteiger partial charge in [0.15, 0.2) is 0 Å². The SMILES string of the molecule is [B]1C=CC=CCC1. The van der Waals surface area contributed by atoms with Gasteiger partial charge < -0.3 is 0 Å². The monoisotopic (exact) mass is 91.1 g/mol. The smallest absolute Gasteiger partial charge is 0.123 e. The van der Waals surface area contributed by atoms with Crippen LogP contribution in [0.1, 0.15) is 6.42 Å². The highest BCUT2D eigenvalue weighted by Crippen LogP contribution is 1.95. The molecule has 1 rings (SSSR count). The van der Waals surface area contributed by atoms with E-state index in [0.717, 1.165) is 0 Å². The molecule has 0 fully saturated rings. The first-order valence-electron chi connectivity index (χ1n) is 2.65. The molecule has 0 aromatic rings. The van der Waals surface area contributed by atoms with Crippen LogP contribution in [0, 0.1) is 0 Å². The zero-order valence-electron chi connectivity index (χ0n) is 4.30. The van der Waals surface area contributed by atoms with Gasteiger partial charge >= 0.3 is 0 Å². The molecule has 0 bridgehead atoms. The van der Waals surface area contributed by atoms with Crippen LogP contribution in [0.25, 0.3) is 0 Å². The third-order valence-electron chi connectivity index (χ3n) is 0.994. The number of hydrogen-bond acceptors (Lipinski definition) is 0. The van der Waals surface area contributed by atoms with E-state index in [1.165, 1.54) is 12.7 Å². The van der Waals surface area contributed by atoms with Gasteiger partial charge in [0.25, 0.3) is 0 Å². The Morgan fingerprint density at radius 2 is 2.29 bits per heavy atom. The average Bonchev–Trinajstić information content (AvgIpc) is 1.90. The van der Waals surface area contributed by atoms with E-state index in [0.29, 0.717) is 0 Å². The summed E-state index contributed by atoms with van der Waals surface area (Å²) in [6.45, 7) is 0. The Morgan fingerprint density at radius 3 is 3.29 bits per heavy atom. The molecule has 0 saturated carbocycles. The maximum Gasteiger partial charge on any atom is 0.141 e. The van der Waals surface area contributed by atoms with Gasteiger partial charge in [-0.3, -0.25) is 0 Å². The molecule has 0 saturated heterocycles. The quantitative estimate of drug-likeness (QED) is 0.397. The van der Waals surface area contributed by atoms with E-state index >= 15 is 0 Å². The maximum atomic E-state index is 2.18. The van der Waals surface area contributed by atoms with Crippen LogP contribution < -0.4 is 0 Å². The van der Waals surface area contributed by atoms with Crippen molar-refractivity contribution < 1.29 is 0 Å². The molecule has 1 aliphatic rings. The van der Waals surface area contributed by atoms with Crippen molar-refractivity contribution in [1.82, 2.24) is 0 Å². The van der Waals surface area contributed by atoms with Crippen molar-refractivity contribution in [1.29, 1.82) is 0 Å². The van der Waals surface area contributed by atoms with Gasteiger partial charge in [-0.05, 0) is 6.42 Å². The van der Waals surface area contributed by atoms with E-state index in [1.807, 2.05) is 0 Å². The van der Waals surface area contributed by atoms with Crippen molar-refractivity contribution in [2.24, 2.45) is 0 Å². The standard InChI is InChI=1S/C6H8B/c1-2-4-6-7-5-3-1/h1-3,5H,4,6H2. The Labute approximate surface area is 45.2 Å². The Bertz CT molecular complexity index is 80.4. The molecule has 0 atom stereocenters. The van der Waals surface area contributed by atoms with Crippen LogP contribution in [0.2, 0.25) is 6.32 Å².